The third-order valence-electron chi connectivity index (χ3n) is 6.38. The Bertz CT molecular complexity index is 276. The Hall–Kier alpha value is -0.0400. The highest BCUT2D eigenvalue weighted by Crippen LogP contribution is 2.62. The Kier molecular flexibility index (Phi) is 3.84. The predicted octanol–water partition coefficient (Wildman–Crippen LogP) is 4.62. The van der Waals surface area contributed by atoms with Gasteiger partial charge in [0.1, 0.15) is 0 Å². The van der Waals surface area contributed by atoms with Gasteiger partial charge in [0.25, 0.3) is 0 Å². The van der Waals surface area contributed by atoms with E-state index in [0.717, 1.165) is 23.9 Å². The largest absolute Gasteiger partial charge is 0.310 e. The molecule has 2 saturated carbocycles. The lowest BCUT2D eigenvalue weighted by Crippen LogP contribution is -2.34. The molecule has 2 unspecified atom stereocenters. The fourth-order valence-electron chi connectivity index (χ4n) is 4.01. The molecular formula is C17H33N. The van der Waals surface area contributed by atoms with Gasteiger partial charge in [0.2, 0.25) is 0 Å². The molecule has 2 rings (SSSR count). The molecule has 0 aromatic heterocycles. The van der Waals surface area contributed by atoms with Gasteiger partial charge in [-0.2, -0.15) is 0 Å². The van der Waals surface area contributed by atoms with E-state index in [-0.39, 0.29) is 0 Å². The van der Waals surface area contributed by atoms with E-state index in [1.165, 1.54) is 32.1 Å². The maximum Gasteiger partial charge on any atom is 0.0183 e. The van der Waals surface area contributed by atoms with Crippen LogP contribution in [0, 0.1) is 22.7 Å². The van der Waals surface area contributed by atoms with Crippen LogP contribution in [0.1, 0.15) is 73.6 Å². The molecule has 0 spiro atoms. The maximum atomic E-state index is 3.97. The van der Waals surface area contributed by atoms with Crippen LogP contribution in [0.15, 0.2) is 0 Å². The summed E-state index contributed by atoms with van der Waals surface area (Å²) in [5, 5.41) is 3.97. The van der Waals surface area contributed by atoms with E-state index < -0.39 is 0 Å². The van der Waals surface area contributed by atoms with Crippen LogP contribution >= 0.6 is 0 Å². The third-order valence-corrected chi connectivity index (χ3v) is 6.38. The number of hydrogen-bond acceptors (Lipinski definition) is 1. The highest BCUT2D eigenvalue weighted by atomic mass is 15.1. The van der Waals surface area contributed by atoms with Crippen molar-refractivity contribution >= 4 is 0 Å². The van der Waals surface area contributed by atoms with Crippen LogP contribution in [0.3, 0.4) is 0 Å². The first-order chi connectivity index (χ1) is 8.26. The lowest BCUT2D eigenvalue weighted by molar-refractivity contribution is 0.336. The second kappa shape index (κ2) is 4.81. The molecule has 1 N–H and O–H groups in total. The molecule has 0 heterocycles. The maximum absolute atomic E-state index is 3.97. The summed E-state index contributed by atoms with van der Waals surface area (Å²) in [5.74, 6) is 1.84. The van der Waals surface area contributed by atoms with Crippen molar-refractivity contribution in [3.8, 4) is 0 Å². The van der Waals surface area contributed by atoms with Crippen molar-refractivity contribution in [1.82, 2.24) is 5.32 Å². The van der Waals surface area contributed by atoms with Crippen molar-refractivity contribution in [3.63, 3.8) is 0 Å². The topological polar surface area (TPSA) is 12.0 Å². The van der Waals surface area contributed by atoms with E-state index in [9.17, 15) is 0 Å². The SMILES string of the molecule is CC(C)C1CCCC(NC2C(C)(C)C2(C)C)CC1. The average molecular weight is 251 g/mol. The van der Waals surface area contributed by atoms with Crippen LogP contribution < -0.4 is 5.32 Å². The van der Waals surface area contributed by atoms with E-state index in [1.807, 2.05) is 0 Å². The lowest BCUT2D eigenvalue weighted by Gasteiger charge is -2.20. The van der Waals surface area contributed by atoms with Gasteiger partial charge in [0.05, 0.1) is 0 Å². The van der Waals surface area contributed by atoms with Crippen LogP contribution in [0.5, 0.6) is 0 Å². The van der Waals surface area contributed by atoms with E-state index in [1.54, 1.807) is 0 Å². The van der Waals surface area contributed by atoms with Crippen molar-refractivity contribution in [2.24, 2.45) is 22.7 Å². The molecule has 2 aliphatic rings. The monoisotopic (exact) mass is 251 g/mol. The fourth-order valence-corrected chi connectivity index (χ4v) is 4.01. The number of hydrogen-bond donors (Lipinski definition) is 1. The zero-order valence-electron chi connectivity index (χ0n) is 13.3. The molecule has 0 saturated heterocycles. The molecule has 0 aromatic carbocycles. The number of nitrogens with one attached hydrogen (secondary N) is 1. The minimum absolute atomic E-state index is 0.483. The summed E-state index contributed by atoms with van der Waals surface area (Å²) in [6.45, 7) is 14.4. The number of rotatable bonds is 3. The van der Waals surface area contributed by atoms with Gasteiger partial charge in [-0.25, -0.2) is 0 Å². The molecule has 2 aliphatic carbocycles. The van der Waals surface area contributed by atoms with E-state index in [2.05, 4.69) is 46.9 Å². The van der Waals surface area contributed by atoms with Crippen LogP contribution in [-0.4, -0.2) is 12.1 Å². The van der Waals surface area contributed by atoms with Crippen molar-refractivity contribution in [2.75, 3.05) is 0 Å². The van der Waals surface area contributed by atoms with Crippen LogP contribution in [0.25, 0.3) is 0 Å². The molecule has 1 nitrogen and oxygen atoms in total. The van der Waals surface area contributed by atoms with E-state index in [4.69, 9.17) is 0 Å². The first kappa shape index (κ1) is 14.4. The second-order valence-corrected chi connectivity index (χ2v) is 8.25. The van der Waals surface area contributed by atoms with Crippen molar-refractivity contribution in [2.45, 2.75) is 85.7 Å². The van der Waals surface area contributed by atoms with Crippen molar-refractivity contribution in [3.05, 3.63) is 0 Å². The Morgan fingerprint density at radius 3 is 2.00 bits per heavy atom. The molecule has 0 radical (unpaired) electrons. The third kappa shape index (κ3) is 2.48. The van der Waals surface area contributed by atoms with Gasteiger partial charge in [-0.15, -0.1) is 0 Å². The minimum Gasteiger partial charge on any atom is -0.310 e. The highest BCUT2D eigenvalue weighted by molar-refractivity contribution is 5.18. The van der Waals surface area contributed by atoms with Crippen molar-refractivity contribution < 1.29 is 0 Å². The van der Waals surface area contributed by atoms with Gasteiger partial charge in [0.15, 0.2) is 0 Å². The van der Waals surface area contributed by atoms with Gasteiger partial charge in [-0.1, -0.05) is 54.4 Å². The Morgan fingerprint density at radius 1 is 0.889 bits per heavy atom. The first-order valence-corrected chi connectivity index (χ1v) is 8.03. The van der Waals surface area contributed by atoms with Crippen LogP contribution in [-0.2, 0) is 0 Å². The van der Waals surface area contributed by atoms with E-state index >= 15 is 0 Å². The quantitative estimate of drug-likeness (QED) is 0.722. The predicted molar refractivity (Wildman–Crippen MR) is 79.7 cm³/mol. The lowest BCUT2D eigenvalue weighted by atomic mass is 9.89. The first-order valence-electron chi connectivity index (χ1n) is 8.03. The summed E-state index contributed by atoms with van der Waals surface area (Å²) in [5.41, 5.74) is 0.966. The molecule has 2 atom stereocenters. The molecule has 1 heteroatoms. The zero-order valence-corrected chi connectivity index (χ0v) is 13.3. The average Bonchev–Trinajstić information content (AvgIpc) is 2.77. The van der Waals surface area contributed by atoms with Gasteiger partial charge in [-0.3, -0.25) is 0 Å². The van der Waals surface area contributed by atoms with Crippen LogP contribution in [0.4, 0.5) is 0 Å². The standard InChI is InChI=1S/C17H33N/c1-12(2)13-8-7-9-14(11-10-13)18-15-16(3,4)17(15,5)6/h12-15,18H,7-11H2,1-6H3. The molecule has 0 aliphatic heterocycles. The summed E-state index contributed by atoms with van der Waals surface area (Å²) in [6, 6.07) is 1.50. The van der Waals surface area contributed by atoms with Crippen LogP contribution in [0.2, 0.25) is 0 Å². The molecule has 106 valence electrons. The second-order valence-electron chi connectivity index (χ2n) is 8.25. The van der Waals surface area contributed by atoms with Gasteiger partial charge in [0, 0.05) is 12.1 Å². The minimum atomic E-state index is 0.483. The smallest absolute Gasteiger partial charge is 0.0183 e. The molecular weight excluding hydrogens is 218 g/mol. The summed E-state index contributed by atoms with van der Waals surface area (Å²) < 4.78 is 0. The molecule has 2 fully saturated rings. The van der Waals surface area contributed by atoms with Gasteiger partial charge in [-0.05, 0) is 41.9 Å². The summed E-state index contributed by atoms with van der Waals surface area (Å²) in [6.07, 6.45) is 7.10. The summed E-state index contributed by atoms with van der Waals surface area (Å²) in [4.78, 5) is 0. The Balaban J connectivity index is 1.85. The Morgan fingerprint density at radius 2 is 1.50 bits per heavy atom. The molecule has 18 heavy (non-hydrogen) atoms. The van der Waals surface area contributed by atoms with Gasteiger partial charge >= 0.3 is 0 Å². The molecule has 0 amide bonds. The summed E-state index contributed by atoms with van der Waals surface area (Å²) in [7, 11) is 0. The molecule has 0 bridgehead atoms. The fraction of sp³-hybridized carbons (Fsp3) is 1.00. The van der Waals surface area contributed by atoms with Crippen molar-refractivity contribution in [1.29, 1.82) is 0 Å². The highest BCUT2D eigenvalue weighted by Gasteiger charge is 2.64. The summed E-state index contributed by atoms with van der Waals surface area (Å²) >= 11 is 0. The molecule has 0 aromatic rings. The van der Waals surface area contributed by atoms with Gasteiger partial charge < -0.3 is 5.32 Å². The Labute approximate surface area is 114 Å². The normalized spacial score (nSPS) is 35.5. The van der Waals surface area contributed by atoms with E-state index in [0.29, 0.717) is 10.8 Å². The zero-order chi connectivity index (χ0) is 13.6.